The van der Waals surface area contributed by atoms with Gasteiger partial charge in [0.1, 0.15) is 6.61 Å². The van der Waals surface area contributed by atoms with Crippen LogP contribution < -0.4 is 5.32 Å². The molecule has 0 fully saturated rings. The number of ether oxygens (including phenoxy) is 1. The Balaban J connectivity index is 1.59. The summed E-state index contributed by atoms with van der Waals surface area (Å²) in [4.78, 5) is 24.5. The third-order valence-corrected chi connectivity index (χ3v) is 5.27. The molecule has 0 aliphatic heterocycles. The molecule has 30 heavy (non-hydrogen) atoms. The molecule has 0 spiro atoms. The fourth-order valence-electron chi connectivity index (χ4n) is 3.25. The van der Waals surface area contributed by atoms with Crippen molar-refractivity contribution in [1.82, 2.24) is 15.1 Å². The van der Waals surface area contributed by atoms with Crippen molar-refractivity contribution in [3.63, 3.8) is 0 Å². The fraction of sp³-hybridized carbons (Fsp3) is 0.261. The predicted octanol–water partition coefficient (Wildman–Crippen LogP) is 4.33. The van der Waals surface area contributed by atoms with Crippen molar-refractivity contribution in [2.75, 3.05) is 6.54 Å². The lowest BCUT2D eigenvalue weighted by Crippen LogP contribution is -2.26. The molecule has 0 aliphatic rings. The SMILES string of the molecule is Cc1nn(C)c(C)c1-c1cc(Br)cc(C(=O)NCCC(=O)OCc2ccccc2)c1. The Kier molecular flexibility index (Phi) is 7.05. The van der Waals surface area contributed by atoms with Gasteiger partial charge in [-0.1, -0.05) is 46.3 Å². The Morgan fingerprint density at radius 1 is 1.13 bits per heavy atom. The lowest BCUT2D eigenvalue weighted by molar-refractivity contribution is -0.144. The van der Waals surface area contributed by atoms with Crippen molar-refractivity contribution in [1.29, 1.82) is 0 Å². The molecule has 0 bridgehead atoms. The van der Waals surface area contributed by atoms with E-state index < -0.39 is 0 Å². The van der Waals surface area contributed by atoms with Gasteiger partial charge in [-0.3, -0.25) is 14.3 Å². The van der Waals surface area contributed by atoms with Crippen LogP contribution in [0.25, 0.3) is 11.1 Å². The number of nitrogens with zero attached hydrogens (tertiary/aromatic N) is 2. The van der Waals surface area contributed by atoms with Crippen molar-refractivity contribution in [3.8, 4) is 11.1 Å². The molecule has 2 aromatic carbocycles. The molecule has 1 amide bonds. The van der Waals surface area contributed by atoms with Crippen molar-refractivity contribution >= 4 is 27.8 Å². The zero-order valence-electron chi connectivity index (χ0n) is 17.2. The first-order valence-electron chi connectivity index (χ1n) is 9.64. The van der Waals surface area contributed by atoms with Crippen molar-refractivity contribution < 1.29 is 14.3 Å². The standard InChI is InChI=1S/C23H24BrN3O3/c1-15-22(16(2)27(3)26-15)18-11-19(13-20(24)12-18)23(29)25-10-9-21(28)30-14-17-7-5-4-6-8-17/h4-8,11-13H,9-10,14H2,1-3H3,(H,25,29). The number of esters is 1. The highest BCUT2D eigenvalue weighted by atomic mass is 79.9. The van der Waals surface area contributed by atoms with Gasteiger partial charge in [0, 0.05) is 34.9 Å². The maximum atomic E-state index is 12.6. The summed E-state index contributed by atoms with van der Waals surface area (Å²) in [6, 6.07) is 15.0. The summed E-state index contributed by atoms with van der Waals surface area (Å²) in [5.41, 5.74) is 5.30. The van der Waals surface area contributed by atoms with Gasteiger partial charge in [-0.15, -0.1) is 0 Å². The van der Waals surface area contributed by atoms with Crippen molar-refractivity contribution in [2.45, 2.75) is 26.9 Å². The highest BCUT2D eigenvalue weighted by Gasteiger charge is 2.15. The Morgan fingerprint density at radius 2 is 1.87 bits per heavy atom. The smallest absolute Gasteiger partial charge is 0.307 e. The quantitative estimate of drug-likeness (QED) is 0.522. The fourth-order valence-corrected chi connectivity index (χ4v) is 3.74. The number of hydrogen-bond acceptors (Lipinski definition) is 4. The molecule has 1 heterocycles. The van der Waals surface area contributed by atoms with E-state index in [1.807, 2.05) is 68.0 Å². The van der Waals surface area contributed by atoms with E-state index in [1.165, 1.54) is 0 Å². The zero-order chi connectivity index (χ0) is 21.7. The summed E-state index contributed by atoms with van der Waals surface area (Å²) in [6.45, 7) is 4.38. The maximum absolute atomic E-state index is 12.6. The molecule has 0 atom stereocenters. The van der Waals surface area contributed by atoms with E-state index >= 15 is 0 Å². The number of carbonyl (C=O) groups excluding carboxylic acids is 2. The molecule has 3 aromatic rings. The molecular formula is C23H24BrN3O3. The van der Waals surface area contributed by atoms with Gasteiger partial charge in [-0.2, -0.15) is 5.10 Å². The minimum atomic E-state index is -0.351. The van der Waals surface area contributed by atoms with Gasteiger partial charge in [-0.05, 0) is 43.2 Å². The molecule has 7 heteroatoms. The van der Waals surface area contributed by atoms with Crippen molar-refractivity contribution in [3.05, 3.63) is 75.5 Å². The summed E-state index contributed by atoms with van der Waals surface area (Å²) >= 11 is 3.49. The van der Waals surface area contributed by atoms with Crippen LogP contribution in [-0.4, -0.2) is 28.2 Å². The Morgan fingerprint density at radius 3 is 2.53 bits per heavy atom. The summed E-state index contributed by atoms with van der Waals surface area (Å²) in [5, 5.41) is 7.24. The molecule has 0 saturated carbocycles. The van der Waals surface area contributed by atoms with E-state index in [0.29, 0.717) is 5.56 Å². The Labute approximate surface area is 184 Å². The van der Waals surface area contributed by atoms with Gasteiger partial charge in [0.2, 0.25) is 0 Å². The first-order chi connectivity index (χ1) is 14.3. The van der Waals surface area contributed by atoms with Gasteiger partial charge in [-0.25, -0.2) is 0 Å². The summed E-state index contributed by atoms with van der Waals surface area (Å²) in [7, 11) is 1.90. The first-order valence-corrected chi connectivity index (χ1v) is 10.4. The van der Waals surface area contributed by atoms with E-state index in [0.717, 1.165) is 32.6 Å². The number of benzene rings is 2. The number of amides is 1. The molecule has 1 aromatic heterocycles. The van der Waals surface area contributed by atoms with Gasteiger partial charge in [0.25, 0.3) is 5.91 Å². The van der Waals surface area contributed by atoms with Gasteiger partial charge < -0.3 is 10.1 Å². The summed E-state index contributed by atoms with van der Waals surface area (Å²) in [5.74, 6) is -0.594. The zero-order valence-corrected chi connectivity index (χ0v) is 18.8. The monoisotopic (exact) mass is 469 g/mol. The molecule has 6 nitrogen and oxygen atoms in total. The normalized spacial score (nSPS) is 10.7. The number of carbonyl (C=O) groups is 2. The highest BCUT2D eigenvalue weighted by molar-refractivity contribution is 9.10. The largest absolute Gasteiger partial charge is 0.461 e. The number of nitrogens with one attached hydrogen (secondary N) is 1. The Hall–Kier alpha value is -2.93. The second-order valence-electron chi connectivity index (χ2n) is 7.05. The average Bonchev–Trinajstić information content (AvgIpc) is 2.98. The van der Waals surface area contributed by atoms with E-state index in [1.54, 1.807) is 6.07 Å². The second-order valence-corrected chi connectivity index (χ2v) is 7.97. The minimum absolute atomic E-state index is 0.111. The van der Waals surface area contributed by atoms with E-state index in [2.05, 4.69) is 26.3 Å². The molecular weight excluding hydrogens is 446 g/mol. The summed E-state index contributed by atoms with van der Waals surface area (Å²) in [6.07, 6.45) is 0.111. The van der Waals surface area contributed by atoms with Crippen LogP contribution in [0, 0.1) is 13.8 Å². The maximum Gasteiger partial charge on any atom is 0.307 e. The third-order valence-electron chi connectivity index (χ3n) is 4.81. The topological polar surface area (TPSA) is 73.2 Å². The number of rotatable bonds is 7. The molecule has 0 saturated heterocycles. The molecule has 1 N–H and O–H groups in total. The van der Waals surface area contributed by atoms with E-state index in [4.69, 9.17) is 4.74 Å². The van der Waals surface area contributed by atoms with E-state index in [-0.39, 0.29) is 31.4 Å². The molecule has 0 unspecified atom stereocenters. The molecule has 3 rings (SSSR count). The van der Waals surface area contributed by atoms with Crippen LogP contribution in [0.1, 0.15) is 33.7 Å². The van der Waals surface area contributed by atoms with Crippen LogP contribution in [0.2, 0.25) is 0 Å². The van der Waals surface area contributed by atoms with Crippen LogP contribution in [0.15, 0.2) is 53.0 Å². The number of hydrogen-bond donors (Lipinski definition) is 1. The number of aromatic nitrogens is 2. The lowest BCUT2D eigenvalue weighted by Gasteiger charge is -2.09. The third kappa shape index (κ3) is 5.36. The predicted molar refractivity (Wildman–Crippen MR) is 119 cm³/mol. The number of aryl methyl sites for hydroxylation is 2. The summed E-state index contributed by atoms with van der Waals surface area (Å²) < 4.78 is 7.86. The number of halogens is 1. The minimum Gasteiger partial charge on any atom is -0.461 e. The van der Waals surface area contributed by atoms with Crippen molar-refractivity contribution in [2.24, 2.45) is 7.05 Å². The highest BCUT2D eigenvalue weighted by Crippen LogP contribution is 2.30. The second kappa shape index (κ2) is 9.71. The average molecular weight is 470 g/mol. The van der Waals surface area contributed by atoms with Gasteiger partial charge >= 0.3 is 5.97 Å². The van der Waals surface area contributed by atoms with Gasteiger partial charge in [0.15, 0.2) is 0 Å². The van der Waals surface area contributed by atoms with Gasteiger partial charge in [0.05, 0.1) is 12.1 Å². The lowest BCUT2D eigenvalue weighted by atomic mass is 10.0. The Bertz CT molecular complexity index is 1060. The van der Waals surface area contributed by atoms with Crippen LogP contribution >= 0.6 is 15.9 Å². The van der Waals surface area contributed by atoms with Crippen LogP contribution in [0.5, 0.6) is 0 Å². The molecule has 0 radical (unpaired) electrons. The molecule has 156 valence electrons. The van der Waals surface area contributed by atoms with Crippen LogP contribution in [0.4, 0.5) is 0 Å². The van der Waals surface area contributed by atoms with Crippen LogP contribution in [0.3, 0.4) is 0 Å². The van der Waals surface area contributed by atoms with Crippen LogP contribution in [-0.2, 0) is 23.2 Å². The van der Waals surface area contributed by atoms with E-state index in [9.17, 15) is 9.59 Å². The first kappa shape index (κ1) is 21.8. The molecule has 0 aliphatic carbocycles.